The summed E-state index contributed by atoms with van der Waals surface area (Å²) in [6.07, 6.45) is -2.05. The minimum absolute atomic E-state index is 0.160. The number of rotatable bonds is 6. The summed E-state index contributed by atoms with van der Waals surface area (Å²) in [6.45, 7) is 1.38. The molecule has 0 radical (unpaired) electrons. The third-order valence-corrected chi connectivity index (χ3v) is 5.76. The third-order valence-electron chi connectivity index (χ3n) is 5.76. The highest BCUT2D eigenvalue weighted by Crippen LogP contribution is 2.46. The van der Waals surface area contributed by atoms with Gasteiger partial charge in [0, 0.05) is 10.9 Å². The first-order valence-electron chi connectivity index (χ1n) is 10.3. The number of carbonyl (C=O) groups is 1. The van der Waals surface area contributed by atoms with Gasteiger partial charge >= 0.3 is 5.97 Å². The Bertz CT molecular complexity index is 1010. The van der Waals surface area contributed by atoms with Crippen molar-refractivity contribution < 1.29 is 48.6 Å². The van der Waals surface area contributed by atoms with Crippen molar-refractivity contribution >= 4 is 23.0 Å². The second kappa shape index (κ2) is 9.08. The number of ether oxygens (including phenoxy) is 4. The molecule has 2 aromatic rings. The van der Waals surface area contributed by atoms with E-state index >= 15 is 0 Å². The molecule has 4 rings (SSSR count). The van der Waals surface area contributed by atoms with Gasteiger partial charge in [0.25, 0.3) is 0 Å². The first-order chi connectivity index (χ1) is 15.4. The minimum Gasteiger partial charge on any atom is -0.490 e. The molecule has 1 aliphatic heterocycles. The third kappa shape index (κ3) is 3.74. The first-order valence-corrected chi connectivity index (χ1v) is 10.3. The van der Waals surface area contributed by atoms with Gasteiger partial charge in [-0.3, -0.25) is 4.79 Å². The molecule has 1 saturated heterocycles. The van der Waals surface area contributed by atoms with Gasteiger partial charge in [0.05, 0.1) is 32.5 Å². The number of aliphatic hydroxyl groups is 4. The molecule has 174 valence electrons. The Hall–Kier alpha value is -2.63. The number of fused-ring (bicyclic) bond motifs is 3. The summed E-state index contributed by atoms with van der Waals surface area (Å²) in [7, 11) is 1.42. The summed E-state index contributed by atoms with van der Waals surface area (Å²) >= 11 is 0. The van der Waals surface area contributed by atoms with Gasteiger partial charge in [-0.2, -0.15) is 0 Å². The molecule has 1 fully saturated rings. The molecule has 0 bridgehead atoms. The number of hydrogen-bond acceptors (Lipinski definition) is 10. The van der Waals surface area contributed by atoms with Crippen LogP contribution in [0.5, 0.6) is 11.5 Å². The predicted octanol–water partition coefficient (Wildman–Crippen LogP) is 0.369. The molecule has 0 saturated carbocycles. The first kappa shape index (κ1) is 22.6. The van der Waals surface area contributed by atoms with Gasteiger partial charge in [-0.05, 0) is 25.0 Å². The van der Waals surface area contributed by atoms with Crippen molar-refractivity contribution in [3.8, 4) is 11.5 Å². The molecule has 4 N–H and O–H groups in total. The zero-order valence-corrected chi connectivity index (χ0v) is 17.6. The van der Waals surface area contributed by atoms with Crippen LogP contribution in [-0.4, -0.2) is 77.4 Å². The Morgan fingerprint density at radius 3 is 2.66 bits per heavy atom. The smallest absolute Gasteiger partial charge is 0.313 e. The molecular weight excluding hydrogens is 424 g/mol. The molecule has 0 spiro atoms. The Kier molecular flexibility index (Phi) is 6.40. The van der Waals surface area contributed by atoms with Crippen molar-refractivity contribution in [3.05, 3.63) is 29.5 Å². The van der Waals surface area contributed by atoms with Crippen molar-refractivity contribution in [1.82, 2.24) is 0 Å². The molecule has 1 aliphatic carbocycles. The zero-order valence-electron chi connectivity index (χ0n) is 17.6. The molecule has 10 heteroatoms. The SMILES string of the molecule is CCOC(=O)C1C=Cc2c(c(OC3OC(CO)C(O)C(O)C3O)c(OC)c3occc23)C1. The second-order valence-corrected chi connectivity index (χ2v) is 7.65. The number of carbonyl (C=O) groups excluding carboxylic acids is 1. The fourth-order valence-corrected chi connectivity index (χ4v) is 4.12. The highest BCUT2D eigenvalue weighted by atomic mass is 16.7. The topological polar surface area (TPSA) is 148 Å². The lowest BCUT2D eigenvalue weighted by molar-refractivity contribution is -0.277. The molecule has 6 atom stereocenters. The summed E-state index contributed by atoms with van der Waals surface area (Å²) in [6, 6.07) is 1.77. The van der Waals surface area contributed by atoms with E-state index in [1.165, 1.54) is 13.4 Å². The van der Waals surface area contributed by atoms with E-state index in [0.29, 0.717) is 11.1 Å². The highest BCUT2D eigenvalue weighted by molar-refractivity contribution is 5.97. The fourth-order valence-electron chi connectivity index (χ4n) is 4.12. The molecule has 32 heavy (non-hydrogen) atoms. The molecular formula is C22H26O10. The van der Waals surface area contributed by atoms with Crippen molar-refractivity contribution in [2.24, 2.45) is 5.92 Å². The molecule has 2 heterocycles. The Morgan fingerprint density at radius 2 is 1.97 bits per heavy atom. The van der Waals surface area contributed by atoms with Gasteiger partial charge < -0.3 is 43.8 Å². The van der Waals surface area contributed by atoms with Gasteiger partial charge in [0.2, 0.25) is 12.0 Å². The Morgan fingerprint density at radius 1 is 1.19 bits per heavy atom. The van der Waals surface area contributed by atoms with E-state index in [0.717, 1.165) is 10.9 Å². The van der Waals surface area contributed by atoms with E-state index in [-0.39, 0.29) is 30.5 Å². The Labute approximate surface area is 183 Å². The maximum absolute atomic E-state index is 12.4. The normalized spacial score (nSPS) is 29.6. The lowest BCUT2D eigenvalue weighted by Crippen LogP contribution is -2.60. The molecule has 0 amide bonds. The highest BCUT2D eigenvalue weighted by Gasteiger charge is 2.45. The summed E-state index contributed by atoms with van der Waals surface area (Å²) < 4.78 is 27.8. The van der Waals surface area contributed by atoms with Gasteiger partial charge in [0.15, 0.2) is 11.3 Å². The monoisotopic (exact) mass is 450 g/mol. The molecule has 6 unspecified atom stereocenters. The summed E-state index contributed by atoms with van der Waals surface area (Å²) in [4.78, 5) is 12.4. The van der Waals surface area contributed by atoms with Crippen molar-refractivity contribution in [2.45, 2.75) is 44.1 Å². The molecule has 1 aromatic carbocycles. The quantitative estimate of drug-likeness (QED) is 0.455. The van der Waals surface area contributed by atoms with Crippen LogP contribution in [0.15, 0.2) is 22.8 Å². The lowest BCUT2D eigenvalue weighted by atomic mass is 9.87. The van der Waals surface area contributed by atoms with Crippen LogP contribution in [0.1, 0.15) is 18.1 Å². The van der Waals surface area contributed by atoms with E-state index in [4.69, 9.17) is 23.4 Å². The number of hydrogen-bond donors (Lipinski definition) is 4. The van der Waals surface area contributed by atoms with Crippen LogP contribution in [-0.2, 0) is 20.7 Å². The van der Waals surface area contributed by atoms with Crippen LogP contribution in [0.2, 0.25) is 0 Å². The standard InChI is InChI=1S/C22H26O10/c1-3-29-21(27)10-4-5-11-12-6-7-30-18(12)20(28-2)19(13(11)8-10)32-22-17(26)16(25)15(24)14(9-23)31-22/h4-7,10,14-17,22-26H,3,8-9H2,1-2H3. The number of methoxy groups -OCH3 is 1. The maximum atomic E-state index is 12.4. The molecule has 1 aromatic heterocycles. The van der Waals surface area contributed by atoms with Gasteiger partial charge in [-0.25, -0.2) is 0 Å². The average molecular weight is 450 g/mol. The van der Waals surface area contributed by atoms with E-state index in [2.05, 4.69) is 0 Å². The largest absolute Gasteiger partial charge is 0.490 e. The van der Waals surface area contributed by atoms with E-state index in [1.807, 2.05) is 0 Å². The van der Waals surface area contributed by atoms with Crippen LogP contribution in [0.4, 0.5) is 0 Å². The van der Waals surface area contributed by atoms with Crippen LogP contribution < -0.4 is 9.47 Å². The molecule has 2 aliphatic rings. The van der Waals surface area contributed by atoms with Crippen molar-refractivity contribution in [3.63, 3.8) is 0 Å². The van der Waals surface area contributed by atoms with Gasteiger partial charge in [-0.15, -0.1) is 0 Å². The Balaban J connectivity index is 1.78. The second-order valence-electron chi connectivity index (χ2n) is 7.65. The van der Waals surface area contributed by atoms with Crippen LogP contribution in [0.25, 0.3) is 17.0 Å². The van der Waals surface area contributed by atoms with Crippen molar-refractivity contribution in [1.29, 1.82) is 0 Å². The average Bonchev–Trinajstić information content (AvgIpc) is 3.29. The van der Waals surface area contributed by atoms with Gasteiger partial charge in [0.1, 0.15) is 24.4 Å². The van der Waals surface area contributed by atoms with Crippen molar-refractivity contribution in [2.75, 3.05) is 20.3 Å². The van der Waals surface area contributed by atoms with E-state index < -0.39 is 43.2 Å². The molecule has 10 nitrogen and oxygen atoms in total. The predicted molar refractivity (Wildman–Crippen MR) is 110 cm³/mol. The summed E-state index contributed by atoms with van der Waals surface area (Å²) in [5.41, 5.74) is 1.74. The zero-order chi connectivity index (χ0) is 23.0. The fraction of sp³-hybridized carbons (Fsp3) is 0.500. The summed E-state index contributed by atoms with van der Waals surface area (Å²) in [5, 5.41) is 40.8. The number of esters is 1. The van der Waals surface area contributed by atoms with Crippen LogP contribution in [0, 0.1) is 5.92 Å². The van der Waals surface area contributed by atoms with Crippen LogP contribution in [0.3, 0.4) is 0 Å². The van der Waals surface area contributed by atoms with E-state index in [9.17, 15) is 25.2 Å². The van der Waals surface area contributed by atoms with Gasteiger partial charge in [-0.1, -0.05) is 12.2 Å². The number of aliphatic hydroxyl groups excluding tert-OH is 4. The lowest BCUT2D eigenvalue weighted by Gasteiger charge is -2.40. The van der Waals surface area contributed by atoms with Crippen LogP contribution >= 0.6 is 0 Å². The maximum Gasteiger partial charge on any atom is 0.313 e. The summed E-state index contributed by atoms with van der Waals surface area (Å²) in [5.74, 6) is -0.570. The minimum atomic E-state index is -1.61. The number of benzene rings is 1. The number of furan rings is 1. The van der Waals surface area contributed by atoms with E-state index in [1.54, 1.807) is 25.1 Å².